The number of rotatable bonds is 6. The smallest absolute Gasteiger partial charge is 0.0304 e. The lowest BCUT2D eigenvalue weighted by molar-refractivity contribution is 0.358. The third-order valence-corrected chi connectivity index (χ3v) is 3.91. The van der Waals surface area contributed by atoms with Gasteiger partial charge >= 0.3 is 0 Å². The molecule has 0 saturated carbocycles. The van der Waals surface area contributed by atoms with Gasteiger partial charge in [0.15, 0.2) is 0 Å². The van der Waals surface area contributed by atoms with Crippen molar-refractivity contribution in [3.05, 3.63) is 21.9 Å². The molecule has 0 aliphatic rings. The minimum Gasteiger partial charge on any atom is -0.307 e. The quantitative estimate of drug-likeness (QED) is 0.772. The molecule has 1 N–H and O–H groups in total. The van der Waals surface area contributed by atoms with Gasteiger partial charge < -0.3 is 5.32 Å². The van der Waals surface area contributed by atoms with Crippen LogP contribution in [0.25, 0.3) is 0 Å². The lowest BCUT2D eigenvalue weighted by Crippen LogP contribution is -2.38. The summed E-state index contributed by atoms with van der Waals surface area (Å²) in [6, 6.07) is 4.49. The first-order valence-electron chi connectivity index (χ1n) is 5.90. The van der Waals surface area contributed by atoms with Crippen molar-refractivity contribution in [2.24, 2.45) is 0 Å². The van der Waals surface area contributed by atoms with Gasteiger partial charge in [-0.25, -0.2) is 0 Å². The number of thiophene rings is 1. The minimum atomic E-state index is 0.269. The molecule has 1 rings (SSSR count). The molecule has 0 atom stereocenters. The lowest BCUT2D eigenvalue weighted by Gasteiger charge is -2.25. The molecule has 0 saturated heterocycles. The number of hydrogen-bond acceptors (Lipinski definition) is 2. The van der Waals surface area contributed by atoms with Crippen LogP contribution in [0.15, 0.2) is 12.1 Å². The van der Waals surface area contributed by atoms with Crippen LogP contribution in [0.2, 0.25) is 0 Å². The topological polar surface area (TPSA) is 12.0 Å². The van der Waals surface area contributed by atoms with Crippen LogP contribution < -0.4 is 5.32 Å². The molecule has 0 aromatic carbocycles. The van der Waals surface area contributed by atoms with Gasteiger partial charge in [0.2, 0.25) is 0 Å². The molecule has 0 spiro atoms. The van der Waals surface area contributed by atoms with Crippen molar-refractivity contribution in [3.63, 3.8) is 0 Å². The first-order chi connectivity index (χ1) is 7.07. The van der Waals surface area contributed by atoms with Gasteiger partial charge in [-0.15, -0.1) is 11.3 Å². The van der Waals surface area contributed by atoms with E-state index < -0.39 is 0 Å². The van der Waals surface area contributed by atoms with Gasteiger partial charge in [0.05, 0.1) is 0 Å². The van der Waals surface area contributed by atoms with Crippen molar-refractivity contribution in [3.8, 4) is 0 Å². The van der Waals surface area contributed by atoms with E-state index in [9.17, 15) is 0 Å². The largest absolute Gasteiger partial charge is 0.307 e. The van der Waals surface area contributed by atoms with Crippen LogP contribution in [0.3, 0.4) is 0 Å². The molecule has 0 radical (unpaired) electrons. The van der Waals surface area contributed by atoms with Crippen molar-refractivity contribution in [2.45, 2.75) is 59.0 Å². The van der Waals surface area contributed by atoms with Crippen molar-refractivity contribution >= 4 is 11.3 Å². The Labute approximate surface area is 97.9 Å². The molecule has 86 valence electrons. The maximum absolute atomic E-state index is 3.62. The summed E-state index contributed by atoms with van der Waals surface area (Å²) in [5, 5.41) is 3.62. The number of aryl methyl sites for hydroxylation is 1. The molecule has 0 bridgehead atoms. The van der Waals surface area contributed by atoms with Crippen molar-refractivity contribution in [2.75, 3.05) is 0 Å². The summed E-state index contributed by atoms with van der Waals surface area (Å²) < 4.78 is 0. The Morgan fingerprint density at radius 1 is 1.20 bits per heavy atom. The van der Waals surface area contributed by atoms with Crippen molar-refractivity contribution < 1.29 is 0 Å². The Bertz CT molecular complexity index is 288. The zero-order chi connectivity index (χ0) is 11.3. The Kier molecular flexibility index (Phi) is 4.81. The van der Waals surface area contributed by atoms with Gasteiger partial charge in [-0.2, -0.15) is 0 Å². The highest BCUT2D eigenvalue weighted by Gasteiger charge is 2.15. The maximum Gasteiger partial charge on any atom is 0.0304 e. The third-order valence-electron chi connectivity index (χ3n) is 2.68. The third kappa shape index (κ3) is 4.35. The molecule has 1 aromatic heterocycles. The molecule has 1 heterocycles. The zero-order valence-electron chi connectivity index (χ0n) is 10.4. The van der Waals surface area contributed by atoms with Crippen LogP contribution in [0.1, 0.15) is 50.3 Å². The molecule has 0 amide bonds. The van der Waals surface area contributed by atoms with E-state index in [1.54, 1.807) is 0 Å². The SMILES string of the molecule is CCCC(C)(C)NCc1ccc(CC)s1. The van der Waals surface area contributed by atoms with E-state index in [0.29, 0.717) is 0 Å². The van der Waals surface area contributed by atoms with Crippen LogP contribution in [-0.4, -0.2) is 5.54 Å². The summed E-state index contributed by atoms with van der Waals surface area (Å²) in [4.78, 5) is 2.94. The summed E-state index contributed by atoms with van der Waals surface area (Å²) in [5.41, 5.74) is 0.269. The Morgan fingerprint density at radius 3 is 2.40 bits per heavy atom. The maximum atomic E-state index is 3.62. The molecule has 0 fully saturated rings. The summed E-state index contributed by atoms with van der Waals surface area (Å²) >= 11 is 1.93. The normalized spacial score (nSPS) is 12.0. The first kappa shape index (κ1) is 12.7. The molecule has 0 unspecified atom stereocenters. The first-order valence-corrected chi connectivity index (χ1v) is 6.71. The molecule has 0 aliphatic heterocycles. The standard InChI is InChI=1S/C13H23NS/c1-5-9-13(3,4)14-10-12-8-7-11(6-2)15-12/h7-8,14H,5-6,9-10H2,1-4H3. The van der Waals surface area contributed by atoms with Crippen molar-refractivity contribution in [1.82, 2.24) is 5.32 Å². The fourth-order valence-corrected chi connectivity index (χ4v) is 2.64. The van der Waals surface area contributed by atoms with Crippen LogP contribution in [-0.2, 0) is 13.0 Å². The molecule has 1 nitrogen and oxygen atoms in total. The van der Waals surface area contributed by atoms with Crippen LogP contribution in [0.4, 0.5) is 0 Å². The molecular weight excluding hydrogens is 202 g/mol. The van der Waals surface area contributed by atoms with Crippen LogP contribution >= 0.6 is 11.3 Å². The molecule has 1 aromatic rings. The highest BCUT2D eigenvalue weighted by molar-refractivity contribution is 7.11. The van der Waals surface area contributed by atoms with Gasteiger partial charge in [0, 0.05) is 21.8 Å². The molecule has 2 heteroatoms. The Morgan fingerprint density at radius 2 is 1.87 bits per heavy atom. The van der Waals surface area contributed by atoms with E-state index >= 15 is 0 Å². The monoisotopic (exact) mass is 225 g/mol. The van der Waals surface area contributed by atoms with E-state index in [-0.39, 0.29) is 5.54 Å². The fourth-order valence-electron chi connectivity index (χ4n) is 1.75. The van der Waals surface area contributed by atoms with E-state index in [4.69, 9.17) is 0 Å². The molecule has 0 aliphatic carbocycles. The molecular formula is C13H23NS. The number of hydrogen-bond donors (Lipinski definition) is 1. The van der Waals surface area contributed by atoms with E-state index in [0.717, 1.165) is 13.0 Å². The van der Waals surface area contributed by atoms with Crippen LogP contribution in [0.5, 0.6) is 0 Å². The van der Waals surface area contributed by atoms with E-state index in [2.05, 4.69) is 45.1 Å². The zero-order valence-corrected chi connectivity index (χ0v) is 11.2. The highest BCUT2D eigenvalue weighted by atomic mass is 32.1. The van der Waals surface area contributed by atoms with Crippen molar-refractivity contribution in [1.29, 1.82) is 0 Å². The summed E-state index contributed by atoms with van der Waals surface area (Å²) in [6.07, 6.45) is 3.63. The second kappa shape index (κ2) is 5.66. The Balaban J connectivity index is 2.42. The summed E-state index contributed by atoms with van der Waals surface area (Å²) in [5.74, 6) is 0. The van der Waals surface area contributed by atoms with E-state index in [1.807, 2.05) is 11.3 Å². The lowest BCUT2D eigenvalue weighted by atomic mass is 9.99. The van der Waals surface area contributed by atoms with Gasteiger partial charge in [-0.05, 0) is 38.8 Å². The average Bonchev–Trinajstić information content (AvgIpc) is 2.62. The predicted molar refractivity (Wildman–Crippen MR) is 69.5 cm³/mol. The minimum absolute atomic E-state index is 0.269. The second-order valence-electron chi connectivity index (χ2n) is 4.71. The molecule has 15 heavy (non-hydrogen) atoms. The van der Waals surface area contributed by atoms with Gasteiger partial charge in [-0.1, -0.05) is 20.3 Å². The Hall–Kier alpha value is -0.340. The van der Waals surface area contributed by atoms with Gasteiger partial charge in [-0.3, -0.25) is 0 Å². The highest BCUT2D eigenvalue weighted by Crippen LogP contribution is 2.18. The summed E-state index contributed by atoms with van der Waals surface area (Å²) in [6.45, 7) is 10.0. The predicted octanol–water partition coefficient (Wildman–Crippen LogP) is 3.98. The fraction of sp³-hybridized carbons (Fsp3) is 0.692. The van der Waals surface area contributed by atoms with Gasteiger partial charge in [0.1, 0.15) is 0 Å². The second-order valence-corrected chi connectivity index (χ2v) is 5.96. The van der Waals surface area contributed by atoms with E-state index in [1.165, 1.54) is 22.6 Å². The summed E-state index contributed by atoms with van der Waals surface area (Å²) in [7, 11) is 0. The van der Waals surface area contributed by atoms with Gasteiger partial charge in [0.25, 0.3) is 0 Å². The average molecular weight is 225 g/mol. The van der Waals surface area contributed by atoms with Crippen LogP contribution in [0, 0.1) is 0 Å². The number of nitrogens with one attached hydrogen (secondary N) is 1.